The number of hydrogen-bond donors (Lipinski definition) is 1. The van der Waals surface area contributed by atoms with Gasteiger partial charge in [0.15, 0.2) is 9.84 Å². The quantitative estimate of drug-likeness (QED) is 0.883. The second kappa shape index (κ2) is 7.32. The van der Waals surface area contributed by atoms with Gasteiger partial charge in [0.1, 0.15) is 6.10 Å². The number of nitrogens with zero attached hydrogens (tertiary/aromatic N) is 1. The zero-order chi connectivity index (χ0) is 18.0. The summed E-state index contributed by atoms with van der Waals surface area (Å²) in [6, 6.07) is 9.88. The Balaban J connectivity index is 1.78. The summed E-state index contributed by atoms with van der Waals surface area (Å²) in [7, 11) is -3.78. The first-order valence-electron chi connectivity index (χ1n) is 8.26. The molecule has 0 bridgehead atoms. The molecule has 0 saturated carbocycles. The van der Waals surface area contributed by atoms with E-state index in [2.05, 4.69) is 0 Å². The van der Waals surface area contributed by atoms with E-state index in [0.717, 1.165) is 30.0 Å². The Morgan fingerprint density at radius 3 is 2.44 bits per heavy atom. The summed E-state index contributed by atoms with van der Waals surface area (Å²) < 4.78 is 25.2. The maximum absolute atomic E-state index is 12.6. The molecule has 1 fully saturated rings. The zero-order valence-electron chi connectivity index (χ0n) is 13.7. The number of carbonyl (C=O) groups is 1. The normalized spacial score (nSPS) is 16.8. The van der Waals surface area contributed by atoms with Crippen LogP contribution in [0.1, 0.15) is 19.3 Å². The molecule has 5 nitrogen and oxygen atoms in total. The summed E-state index contributed by atoms with van der Waals surface area (Å²) in [6.07, 6.45) is 1.29. The molecule has 25 heavy (non-hydrogen) atoms. The summed E-state index contributed by atoms with van der Waals surface area (Å²) in [5.74, 6) is -1.11. The van der Waals surface area contributed by atoms with Crippen molar-refractivity contribution in [3.63, 3.8) is 0 Å². The fourth-order valence-electron chi connectivity index (χ4n) is 3.09. The molecule has 1 aliphatic heterocycles. The Kier molecular flexibility index (Phi) is 5.32. The highest BCUT2D eigenvalue weighted by molar-refractivity contribution is 7.91. The van der Waals surface area contributed by atoms with Crippen LogP contribution in [0.15, 0.2) is 41.3 Å². The van der Waals surface area contributed by atoms with Crippen LogP contribution >= 0.6 is 11.6 Å². The Morgan fingerprint density at radius 1 is 1.08 bits per heavy atom. The number of aliphatic hydroxyl groups is 1. The van der Waals surface area contributed by atoms with Crippen molar-refractivity contribution < 1.29 is 18.3 Å². The van der Waals surface area contributed by atoms with Gasteiger partial charge in [-0.1, -0.05) is 23.7 Å². The Morgan fingerprint density at radius 2 is 1.72 bits per heavy atom. The van der Waals surface area contributed by atoms with Gasteiger partial charge in [-0.15, -0.1) is 0 Å². The topological polar surface area (TPSA) is 74.7 Å². The minimum Gasteiger partial charge on any atom is -0.382 e. The molecular weight excluding hydrogens is 362 g/mol. The van der Waals surface area contributed by atoms with Crippen molar-refractivity contribution in [2.75, 3.05) is 18.8 Å². The maximum Gasteiger partial charge on any atom is 0.252 e. The van der Waals surface area contributed by atoms with Crippen LogP contribution in [-0.2, 0) is 14.6 Å². The smallest absolute Gasteiger partial charge is 0.252 e. The highest BCUT2D eigenvalue weighted by Crippen LogP contribution is 2.23. The van der Waals surface area contributed by atoms with Crippen LogP contribution in [0.3, 0.4) is 0 Å². The van der Waals surface area contributed by atoms with Crippen molar-refractivity contribution >= 4 is 38.1 Å². The van der Waals surface area contributed by atoms with E-state index in [1.165, 1.54) is 6.07 Å². The molecule has 7 heteroatoms. The third-order valence-electron chi connectivity index (χ3n) is 4.46. The molecule has 3 rings (SSSR count). The van der Waals surface area contributed by atoms with Crippen molar-refractivity contribution in [1.29, 1.82) is 0 Å². The summed E-state index contributed by atoms with van der Waals surface area (Å²) in [6.45, 7) is 1.15. The molecule has 1 amide bonds. The number of benzene rings is 2. The van der Waals surface area contributed by atoms with Crippen LogP contribution in [0, 0.1) is 0 Å². The SMILES string of the molecule is O=C([C@H](O)CS(=O)(=O)c1ccc2cc(Cl)ccc2c1)N1CCCCC1. The van der Waals surface area contributed by atoms with Gasteiger partial charge in [0.05, 0.1) is 10.6 Å². The first-order chi connectivity index (χ1) is 11.9. The molecule has 1 heterocycles. The first-order valence-corrected chi connectivity index (χ1v) is 10.3. The summed E-state index contributed by atoms with van der Waals surface area (Å²) in [5, 5.41) is 12.3. The largest absolute Gasteiger partial charge is 0.382 e. The third-order valence-corrected chi connectivity index (χ3v) is 6.42. The Labute approximate surface area is 152 Å². The van der Waals surface area contributed by atoms with Gasteiger partial charge in [-0.3, -0.25) is 4.79 Å². The highest BCUT2D eigenvalue weighted by Gasteiger charge is 2.29. The summed E-state index contributed by atoms with van der Waals surface area (Å²) >= 11 is 5.93. The van der Waals surface area contributed by atoms with E-state index in [1.807, 2.05) is 0 Å². The molecule has 1 aliphatic rings. The van der Waals surface area contributed by atoms with Crippen molar-refractivity contribution in [3.05, 3.63) is 41.4 Å². The zero-order valence-corrected chi connectivity index (χ0v) is 15.3. The average molecular weight is 382 g/mol. The lowest BCUT2D eigenvalue weighted by Crippen LogP contribution is -2.44. The van der Waals surface area contributed by atoms with Gasteiger partial charge in [0, 0.05) is 18.1 Å². The number of likely N-dealkylation sites (tertiary alicyclic amines) is 1. The lowest BCUT2D eigenvalue weighted by molar-refractivity contribution is -0.139. The van der Waals surface area contributed by atoms with Gasteiger partial charge >= 0.3 is 0 Å². The van der Waals surface area contributed by atoms with Gasteiger partial charge in [0.2, 0.25) is 0 Å². The number of amides is 1. The van der Waals surface area contributed by atoms with Crippen LogP contribution in [-0.4, -0.2) is 49.3 Å². The van der Waals surface area contributed by atoms with Crippen LogP contribution in [0.5, 0.6) is 0 Å². The van der Waals surface area contributed by atoms with Crippen molar-refractivity contribution in [3.8, 4) is 0 Å². The number of fused-ring (bicyclic) bond motifs is 1. The Hall–Kier alpha value is -1.63. The summed E-state index contributed by atoms with van der Waals surface area (Å²) in [5.41, 5.74) is 0. The molecule has 0 spiro atoms. The van der Waals surface area contributed by atoms with Gasteiger partial charge in [-0.2, -0.15) is 0 Å². The summed E-state index contributed by atoms with van der Waals surface area (Å²) in [4.78, 5) is 13.9. The van der Waals surface area contributed by atoms with E-state index in [9.17, 15) is 18.3 Å². The van der Waals surface area contributed by atoms with E-state index >= 15 is 0 Å². The molecular formula is C18H20ClNO4S. The van der Waals surface area contributed by atoms with Gasteiger partial charge in [0.25, 0.3) is 5.91 Å². The molecule has 1 saturated heterocycles. The molecule has 2 aromatic carbocycles. The van der Waals surface area contributed by atoms with Crippen LogP contribution in [0.2, 0.25) is 5.02 Å². The number of rotatable bonds is 4. The molecule has 0 aromatic heterocycles. The number of aliphatic hydroxyl groups excluding tert-OH is 1. The third kappa shape index (κ3) is 4.14. The Bertz CT molecular complexity index is 891. The molecule has 0 unspecified atom stereocenters. The number of halogens is 1. The fraction of sp³-hybridized carbons (Fsp3) is 0.389. The second-order valence-corrected chi connectivity index (χ2v) is 8.81. The minimum atomic E-state index is -3.78. The van der Waals surface area contributed by atoms with Crippen molar-refractivity contribution in [1.82, 2.24) is 4.90 Å². The van der Waals surface area contributed by atoms with E-state index in [0.29, 0.717) is 18.1 Å². The van der Waals surface area contributed by atoms with Crippen molar-refractivity contribution in [2.45, 2.75) is 30.3 Å². The van der Waals surface area contributed by atoms with Gasteiger partial charge in [-0.05, 0) is 54.3 Å². The lowest BCUT2D eigenvalue weighted by Gasteiger charge is -2.28. The molecule has 2 aromatic rings. The number of piperidine rings is 1. The van der Waals surface area contributed by atoms with Gasteiger partial charge in [-0.25, -0.2) is 8.42 Å². The van der Waals surface area contributed by atoms with Crippen molar-refractivity contribution in [2.24, 2.45) is 0 Å². The van der Waals surface area contributed by atoms with Gasteiger partial charge < -0.3 is 10.0 Å². The number of carbonyl (C=O) groups excluding carboxylic acids is 1. The van der Waals surface area contributed by atoms with Crippen LogP contribution in [0.25, 0.3) is 10.8 Å². The first kappa shape index (κ1) is 18.2. The van der Waals surface area contributed by atoms with E-state index in [1.54, 1.807) is 35.2 Å². The molecule has 1 N–H and O–H groups in total. The highest BCUT2D eigenvalue weighted by atomic mass is 35.5. The minimum absolute atomic E-state index is 0.0906. The monoisotopic (exact) mass is 381 g/mol. The van der Waals surface area contributed by atoms with Crippen LogP contribution in [0.4, 0.5) is 0 Å². The molecule has 0 aliphatic carbocycles. The predicted octanol–water partition coefficient (Wildman–Crippen LogP) is 2.64. The van der Waals surface area contributed by atoms with E-state index < -0.39 is 27.6 Å². The molecule has 1 atom stereocenters. The average Bonchev–Trinajstić information content (AvgIpc) is 2.60. The van der Waals surface area contributed by atoms with Crippen LogP contribution < -0.4 is 0 Å². The van der Waals surface area contributed by atoms with E-state index in [4.69, 9.17) is 11.6 Å². The molecule has 0 radical (unpaired) electrons. The molecule has 134 valence electrons. The number of sulfone groups is 1. The maximum atomic E-state index is 12.6. The number of hydrogen-bond acceptors (Lipinski definition) is 4. The van der Waals surface area contributed by atoms with E-state index in [-0.39, 0.29) is 4.90 Å². The lowest BCUT2D eigenvalue weighted by atomic mass is 10.1. The standard InChI is InChI=1S/C18H20ClNO4S/c19-15-6-4-14-11-16(7-5-13(14)10-15)25(23,24)12-17(21)18(22)20-8-2-1-3-9-20/h4-7,10-11,17,21H,1-3,8-9,12H2/t17-/m1/s1. The fourth-order valence-corrected chi connectivity index (χ4v) is 4.60. The second-order valence-electron chi connectivity index (χ2n) is 6.34. The predicted molar refractivity (Wildman–Crippen MR) is 97.4 cm³/mol.